The van der Waals surface area contributed by atoms with Gasteiger partial charge in [0.2, 0.25) is 0 Å². The van der Waals surface area contributed by atoms with Crippen LogP contribution < -0.4 is 0 Å². The van der Waals surface area contributed by atoms with Gasteiger partial charge in [-0.3, -0.25) is 4.79 Å². The average Bonchev–Trinajstić information content (AvgIpc) is 3.15. The Kier molecular flexibility index (Phi) is 8.29. The lowest BCUT2D eigenvalue weighted by molar-refractivity contribution is 0.0982. The lowest BCUT2D eigenvalue weighted by atomic mass is 9.84. The first-order valence-corrected chi connectivity index (χ1v) is 12.2. The summed E-state index contributed by atoms with van der Waals surface area (Å²) in [5.74, 6) is 1.15. The fraction of sp³-hybridized carbons (Fsp3) is 0.500. The van der Waals surface area contributed by atoms with Crippen LogP contribution in [0.15, 0.2) is 53.2 Å². The van der Waals surface area contributed by atoms with Crippen molar-refractivity contribution in [3.63, 3.8) is 0 Å². The molecule has 0 bridgehead atoms. The smallest absolute Gasteiger partial charge is 0.163 e. The minimum Gasteiger partial charge on any atom is -0.294 e. The van der Waals surface area contributed by atoms with E-state index in [1.54, 1.807) is 0 Å². The van der Waals surface area contributed by atoms with E-state index < -0.39 is 0 Å². The van der Waals surface area contributed by atoms with Gasteiger partial charge in [0, 0.05) is 12.0 Å². The van der Waals surface area contributed by atoms with E-state index in [0.717, 1.165) is 29.9 Å². The van der Waals surface area contributed by atoms with Crippen LogP contribution in [0.1, 0.15) is 105 Å². The Balaban J connectivity index is 1.61. The molecule has 1 saturated carbocycles. The second-order valence-corrected chi connectivity index (χ2v) is 9.68. The number of ketones is 1. The number of hydrogen-bond donors (Lipinski definition) is 0. The van der Waals surface area contributed by atoms with Crippen LogP contribution in [0.2, 0.25) is 0 Å². The van der Waals surface area contributed by atoms with Gasteiger partial charge in [0.25, 0.3) is 0 Å². The van der Waals surface area contributed by atoms with E-state index in [1.165, 1.54) is 78.4 Å². The molecule has 3 rings (SSSR count). The van der Waals surface area contributed by atoms with Crippen LogP contribution in [0.25, 0.3) is 6.08 Å². The summed E-state index contributed by atoms with van der Waals surface area (Å²) in [6.07, 6.45) is 18.6. The third-order valence-electron chi connectivity index (χ3n) is 7.40. The van der Waals surface area contributed by atoms with Crippen molar-refractivity contribution in [1.82, 2.24) is 0 Å². The Bertz CT molecular complexity index is 916. The summed E-state index contributed by atoms with van der Waals surface area (Å²) in [6.45, 7) is 12.5. The van der Waals surface area contributed by atoms with E-state index in [0.29, 0.717) is 6.42 Å². The fourth-order valence-electron chi connectivity index (χ4n) is 5.27. The van der Waals surface area contributed by atoms with Gasteiger partial charge in [-0.05, 0) is 93.2 Å². The van der Waals surface area contributed by atoms with Crippen molar-refractivity contribution in [2.75, 3.05) is 0 Å². The summed E-state index contributed by atoms with van der Waals surface area (Å²) in [5.41, 5.74) is 9.99. The predicted molar refractivity (Wildman–Crippen MR) is 135 cm³/mol. The summed E-state index contributed by atoms with van der Waals surface area (Å²) in [7, 11) is 0. The monoisotopic (exact) mass is 416 g/mol. The third-order valence-corrected chi connectivity index (χ3v) is 7.40. The molecule has 2 aliphatic carbocycles. The molecule has 0 spiro atoms. The molecule has 1 aromatic rings. The van der Waals surface area contributed by atoms with Gasteiger partial charge < -0.3 is 0 Å². The maximum atomic E-state index is 13.0. The van der Waals surface area contributed by atoms with Gasteiger partial charge in [-0.1, -0.05) is 74.1 Å². The second-order valence-electron chi connectivity index (χ2n) is 9.68. The summed E-state index contributed by atoms with van der Waals surface area (Å²) in [5, 5.41) is 0. The number of carbonyl (C=O) groups is 1. The molecule has 1 fully saturated rings. The normalized spacial score (nSPS) is 17.8. The van der Waals surface area contributed by atoms with E-state index in [2.05, 4.69) is 52.5 Å². The summed E-state index contributed by atoms with van der Waals surface area (Å²) < 4.78 is 0. The fourth-order valence-corrected chi connectivity index (χ4v) is 5.27. The topological polar surface area (TPSA) is 17.1 Å². The van der Waals surface area contributed by atoms with Gasteiger partial charge in [0.15, 0.2) is 5.78 Å². The van der Waals surface area contributed by atoms with Crippen LogP contribution >= 0.6 is 0 Å². The number of Topliss-reactive ketones (excluding diaryl/α,β-unsaturated/α-hetero) is 1. The maximum Gasteiger partial charge on any atom is 0.163 e. The molecule has 0 aliphatic heterocycles. The van der Waals surface area contributed by atoms with Crippen LogP contribution in [0.4, 0.5) is 0 Å². The number of carbonyl (C=O) groups excluding carboxylic acids is 1. The van der Waals surface area contributed by atoms with Crippen LogP contribution in [0.5, 0.6) is 0 Å². The van der Waals surface area contributed by atoms with E-state index in [1.807, 2.05) is 12.1 Å². The second kappa shape index (κ2) is 10.9. The van der Waals surface area contributed by atoms with Crippen LogP contribution in [-0.4, -0.2) is 5.78 Å². The highest BCUT2D eigenvalue weighted by Gasteiger charge is 2.19. The molecule has 166 valence electrons. The minimum atomic E-state index is 0.230. The SMILES string of the molecule is C=Cc1cc(C)c(C)cc1C(=O)CCC1=CC(/C(=C/C)CCC2CCCCC2)=C(C)C1. The molecular weight excluding hydrogens is 376 g/mol. The number of rotatable bonds is 9. The molecule has 1 heteroatoms. The molecule has 0 amide bonds. The predicted octanol–water partition coefficient (Wildman–Crippen LogP) is 8.86. The Morgan fingerprint density at radius 3 is 2.45 bits per heavy atom. The molecule has 0 atom stereocenters. The van der Waals surface area contributed by atoms with Gasteiger partial charge in [-0.25, -0.2) is 0 Å². The molecule has 0 N–H and O–H groups in total. The summed E-state index contributed by atoms with van der Waals surface area (Å²) >= 11 is 0. The molecule has 1 aromatic carbocycles. The standard InChI is InChI=1S/C30H40O/c1-6-26(15-13-24-11-9-8-10-12-24)28-20-25(17-23(28)5)14-16-30(31)29-19-22(4)21(3)18-27(29)7-2/h6-7,18-20,24H,2,8-17H2,1,3-5H3/b26-6+. The van der Waals surface area contributed by atoms with Gasteiger partial charge in [-0.2, -0.15) is 0 Å². The molecular formula is C30H40O. The summed E-state index contributed by atoms with van der Waals surface area (Å²) in [4.78, 5) is 13.0. The van der Waals surface area contributed by atoms with Gasteiger partial charge in [0.1, 0.15) is 0 Å². The Labute approximate surface area is 190 Å². The van der Waals surface area contributed by atoms with Gasteiger partial charge in [0.05, 0.1) is 0 Å². The Morgan fingerprint density at radius 2 is 1.77 bits per heavy atom. The Hall–Kier alpha value is -2.15. The summed E-state index contributed by atoms with van der Waals surface area (Å²) in [6, 6.07) is 4.12. The molecule has 1 nitrogen and oxygen atoms in total. The molecule has 0 aromatic heterocycles. The van der Waals surface area contributed by atoms with Crippen molar-refractivity contribution in [1.29, 1.82) is 0 Å². The zero-order chi connectivity index (χ0) is 22.4. The highest BCUT2D eigenvalue weighted by Crippen LogP contribution is 2.36. The first-order valence-electron chi connectivity index (χ1n) is 12.2. The zero-order valence-electron chi connectivity index (χ0n) is 20.2. The number of aryl methyl sites for hydroxylation is 2. The maximum absolute atomic E-state index is 13.0. The molecule has 31 heavy (non-hydrogen) atoms. The number of benzene rings is 1. The largest absolute Gasteiger partial charge is 0.294 e. The van der Waals surface area contributed by atoms with E-state index in [4.69, 9.17) is 0 Å². The number of hydrogen-bond acceptors (Lipinski definition) is 1. The zero-order valence-corrected chi connectivity index (χ0v) is 20.2. The Morgan fingerprint density at radius 1 is 1.06 bits per heavy atom. The van der Waals surface area contributed by atoms with Crippen molar-refractivity contribution >= 4 is 11.9 Å². The third kappa shape index (κ3) is 5.97. The lowest BCUT2D eigenvalue weighted by Crippen LogP contribution is -2.06. The minimum absolute atomic E-state index is 0.230. The van der Waals surface area contributed by atoms with E-state index in [-0.39, 0.29) is 5.78 Å². The molecule has 0 saturated heterocycles. The number of allylic oxidation sites excluding steroid dienone is 6. The lowest BCUT2D eigenvalue weighted by Gasteiger charge is -2.22. The average molecular weight is 417 g/mol. The van der Waals surface area contributed by atoms with E-state index in [9.17, 15) is 4.79 Å². The molecule has 2 aliphatic rings. The highest BCUT2D eigenvalue weighted by atomic mass is 16.1. The first-order chi connectivity index (χ1) is 14.9. The highest BCUT2D eigenvalue weighted by molar-refractivity contribution is 5.99. The quantitative estimate of drug-likeness (QED) is 0.367. The van der Waals surface area contributed by atoms with Crippen molar-refractivity contribution in [3.8, 4) is 0 Å². The van der Waals surface area contributed by atoms with Gasteiger partial charge >= 0.3 is 0 Å². The molecule has 0 radical (unpaired) electrons. The van der Waals surface area contributed by atoms with Crippen molar-refractivity contribution in [2.45, 2.75) is 91.9 Å². The first kappa shape index (κ1) is 23.5. The molecule has 0 heterocycles. The van der Waals surface area contributed by atoms with Crippen molar-refractivity contribution < 1.29 is 4.79 Å². The van der Waals surface area contributed by atoms with Crippen LogP contribution in [0, 0.1) is 19.8 Å². The molecule has 0 unspecified atom stereocenters. The van der Waals surface area contributed by atoms with Crippen LogP contribution in [-0.2, 0) is 0 Å². The van der Waals surface area contributed by atoms with Gasteiger partial charge in [-0.15, -0.1) is 0 Å². The van der Waals surface area contributed by atoms with Crippen LogP contribution in [0.3, 0.4) is 0 Å². The van der Waals surface area contributed by atoms with Crippen molar-refractivity contribution in [3.05, 3.63) is 75.4 Å². The van der Waals surface area contributed by atoms with Crippen molar-refractivity contribution in [2.24, 2.45) is 5.92 Å². The van der Waals surface area contributed by atoms with E-state index >= 15 is 0 Å².